The van der Waals surface area contributed by atoms with E-state index in [1.54, 1.807) is 6.07 Å². The van der Waals surface area contributed by atoms with Crippen LogP contribution in [0.1, 0.15) is 56.1 Å². The highest BCUT2D eigenvalue weighted by Gasteiger charge is 2.21. The SMILES string of the molecule is CCC1CCC(c2ccc(-c3ccc(OCCc4cc(N)cc(N)c4)cc3)cc2)CC1. The summed E-state index contributed by atoms with van der Waals surface area (Å²) in [6, 6.07) is 23.2. The quantitative estimate of drug-likeness (QED) is 0.417. The number of anilines is 2. The molecule has 0 aromatic heterocycles. The molecule has 3 aromatic carbocycles. The minimum absolute atomic E-state index is 0.594. The third kappa shape index (κ3) is 5.61. The zero-order valence-electron chi connectivity index (χ0n) is 18.5. The van der Waals surface area contributed by atoms with Crippen molar-refractivity contribution >= 4 is 11.4 Å². The lowest BCUT2D eigenvalue weighted by Crippen LogP contribution is -2.12. The molecule has 4 rings (SSSR count). The minimum atomic E-state index is 0.594. The molecule has 1 fully saturated rings. The summed E-state index contributed by atoms with van der Waals surface area (Å²) in [5.74, 6) is 2.56. The van der Waals surface area contributed by atoms with Gasteiger partial charge in [-0.05, 0) is 90.1 Å². The van der Waals surface area contributed by atoms with Gasteiger partial charge in [-0.15, -0.1) is 0 Å². The molecule has 31 heavy (non-hydrogen) atoms. The molecule has 0 radical (unpaired) electrons. The lowest BCUT2D eigenvalue weighted by Gasteiger charge is -2.28. The van der Waals surface area contributed by atoms with Crippen molar-refractivity contribution < 1.29 is 4.74 Å². The van der Waals surface area contributed by atoms with Gasteiger partial charge in [0.1, 0.15) is 5.75 Å². The minimum Gasteiger partial charge on any atom is -0.493 e. The number of nitrogen functional groups attached to an aromatic ring is 2. The zero-order valence-corrected chi connectivity index (χ0v) is 18.5. The van der Waals surface area contributed by atoms with E-state index in [1.165, 1.54) is 48.8 Å². The summed E-state index contributed by atoms with van der Waals surface area (Å²) < 4.78 is 5.92. The molecule has 0 spiro atoms. The van der Waals surface area contributed by atoms with Crippen LogP contribution in [-0.4, -0.2) is 6.61 Å². The predicted molar refractivity (Wildman–Crippen MR) is 131 cm³/mol. The van der Waals surface area contributed by atoms with Crippen LogP contribution in [0.3, 0.4) is 0 Å². The van der Waals surface area contributed by atoms with Crippen LogP contribution in [0.5, 0.6) is 5.75 Å². The standard InChI is InChI=1S/C28H34N2O/c1-2-20-3-5-22(6-4-20)23-7-9-24(10-8-23)25-11-13-28(14-12-25)31-16-15-21-17-26(29)19-27(30)18-21/h7-14,17-20,22H,2-6,15-16,29-30H2,1H3. The first-order chi connectivity index (χ1) is 15.1. The van der Waals surface area contributed by atoms with Gasteiger partial charge in [0.15, 0.2) is 0 Å². The van der Waals surface area contributed by atoms with Crippen LogP contribution in [0, 0.1) is 5.92 Å². The molecule has 0 bridgehead atoms. The van der Waals surface area contributed by atoms with Gasteiger partial charge in [0.05, 0.1) is 6.61 Å². The van der Waals surface area contributed by atoms with Gasteiger partial charge in [0.2, 0.25) is 0 Å². The Balaban J connectivity index is 1.31. The molecule has 4 N–H and O–H groups in total. The summed E-state index contributed by atoms with van der Waals surface area (Å²) >= 11 is 0. The number of benzene rings is 3. The highest BCUT2D eigenvalue weighted by atomic mass is 16.5. The molecule has 1 aliphatic rings. The van der Waals surface area contributed by atoms with Crippen LogP contribution in [0.2, 0.25) is 0 Å². The fourth-order valence-electron chi connectivity index (χ4n) is 4.77. The summed E-state index contributed by atoms with van der Waals surface area (Å²) in [5, 5.41) is 0. The summed E-state index contributed by atoms with van der Waals surface area (Å²) in [4.78, 5) is 0. The highest BCUT2D eigenvalue weighted by Crippen LogP contribution is 2.37. The second kappa shape index (κ2) is 9.91. The molecule has 1 saturated carbocycles. The van der Waals surface area contributed by atoms with E-state index in [0.29, 0.717) is 18.0 Å². The molecule has 3 aromatic rings. The number of hydrogen-bond donors (Lipinski definition) is 2. The Bertz CT molecular complexity index is 951. The van der Waals surface area contributed by atoms with E-state index in [0.717, 1.165) is 29.6 Å². The maximum Gasteiger partial charge on any atom is 0.119 e. The van der Waals surface area contributed by atoms with Gasteiger partial charge in [0, 0.05) is 17.8 Å². The fraction of sp³-hybridized carbons (Fsp3) is 0.357. The summed E-state index contributed by atoms with van der Waals surface area (Å²) in [6.45, 7) is 2.92. The average Bonchev–Trinajstić information content (AvgIpc) is 2.79. The first-order valence-corrected chi connectivity index (χ1v) is 11.6. The van der Waals surface area contributed by atoms with Crippen molar-refractivity contribution in [3.63, 3.8) is 0 Å². The third-order valence-corrected chi connectivity index (χ3v) is 6.69. The predicted octanol–water partition coefficient (Wildman–Crippen LogP) is 6.82. The normalized spacial score (nSPS) is 18.6. The van der Waals surface area contributed by atoms with Crippen molar-refractivity contribution in [2.24, 2.45) is 5.92 Å². The molecule has 1 aliphatic carbocycles. The monoisotopic (exact) mass is 414 g/mol. The van der Waals surface area contributed by atoms with Crippen LogP contribution in [0.25, 0.3) is 11.1 Å². The van der Waals surface area contributed by atoms with Gasteiger partial charge >= 0.3 is 0 Å². The molecule has 0 unspecified atom stereocenters. The van der Waals surface area contributed by atoms with E-state index in [4.69, 9.17) is 16.2 Å². The van der Waals surface area contributed by atoms with Crippen LogP contribution >= 0.6 is 0 Å². The molecule has 0 heterocycles. The van der Waals surface area contributed by atoms with Crippen molar-refractivity contribution in [1.29, 1.82) is 0 Å². The second-order valence-corrected chi connectivity index (χ2v) is 8.88. The Kier molecular flexibility index (Phi) is 6.81. The molecular formula is C28H34N2O. The van der Waals surface area contributed by atoms with Gasteiger partial charge in [-0.1, -0.05) is 49.7 Å². The van der Waals surface area contributed by atoms with Gasteiger partial charge < -0.3 is 16.2 Å². The highest BCUT2D eigenvalue weighted by molar-refractivity contribution is 5.64. The van der Waals surface area contributed by atoms with E-state index in [9.17, 15) is 0 Å². The second-order valence-electron chi connectivity index (χ2n) is 8.88. The lowest BCUT2D eigenvalue weighted by atomic mass is 9.77. The fourth-order valence-corrected chi connectivity index (χ4v) is 4.77. The summed E-state index contributed by atoms with van der Waals surface area (Å²) in [6.07, 6.45) is 7.56. The van der Waals surface area contributed by atoms with Crippen molar-refractivity contribution in [2.45, 2.75) is 51.4 Å². The molecule has 3 nitrogen and oxygen atoms in total. The number of rotatable bonds is 7. The van der Waals surface area contributed by atoms with Gasteiger partial charge in [-0.25, -0.2) is 0 Å². The maximum absolute atomic E-state index is 5.92. The zero-order chi connectivity index (χ0) is 21.6. The number of hydrogen-bond acceptors (Lipinski definition) is 3. The van der Waals surface area contributed by atoms with Gasteiger partial charge in [0.25, 0.3) is 0 Å². The first-order valence-electron chi connectivity index (χ1n) is 11.6. The van der Waals surface area contributed by atoms with Crippen LogP contribution < -0.4 is 16.2 Å². The third-order valence-electron chi connectivity index (χ3n) is 6.69. The Morgan fingerprint density at radius 1 is 0.774 bits per heavy atom. The molecule has 162 valence electrons. The van der Waals surface area contributed by atoms with Crippen LogP contribution in [-0.2, 0) is 6.42 Å². The van der Waals surface area contributed by atoms with E-state index < -0.39 is 0 Å². The summed E-state index contributed by atoms with van der Waals surface area (Å²) in [5.41, 5.74) is 18.2. The lowest BCUT2D eigenvalue weighted by molar-refractivity contribution is 0.319. The van der Waals surface area contributed by atoms with E-state index in [2.05, 4.69) is 43.3 Å². The molecule has 0 atom stereocenters. The number of nitrogens with two attached hydrogens (primary N) is 2. The van der Waals surface area contributed by atoms with Gasteiger partial charge in [-0.3, -0.25) is 0 Å². The summed E-state index contributed by atoms with van der Waals surface area (Å²) in [7, 11) is 0. The Hall–Kier alpha value is -2.94. The smallest absolute Gasteiger partial charge is 0.119 e. The molecule has 0 aliphatic heterocycles. The Morgan fingerprint density at radius 3 is 1.94 bits per heavy atom. The van der Waals surface area contributed by atoms with Crippen molar-refractivity contribution in [3.05, 3.63) is 77.9 Å². The Labute approximate surface area is 186 Å². The number of ether oxygens (including phenoxy) is 1. The van der Waals surface area contributed by atoms with Crippen LogP contribution in [0.15, 0.2) is 66.7 Å². The first kappa shape index (κ1) is 21.3. The van der Waals surface area contributed by atoms with Crippen molar-refractivity contribution in [2.75, 3.05) is 18.1 Å². The van der Waals surface area contributed by atoms with Crippen molar-refractivity contribution in [3.8, 4) is 16.9 Å². The van der Waals surface area contributed by atoms with E-state index in [1.807, 2.05) is 24.3 Å². The Morgan fingerprint density at radius 2 is 1.35 bits per heavy atom. The van der Waals surface area contributed by atoms with Gasteiger partial charge in [-0.2, -0.15) is 0 Å². The van der Waals surface area contributed by atoms with Crippen molar-refractivity contribution in [1.82, 2.24) is 0 Å². The molecule has 3 heteroatoms. The largest absolute Gasteiger partial charge is 0.493 e. The molecule has 0 saturated heterocycles. The van der Waals surface area contributed by atoms with E-state index >= 15 is 0 Å². The van der Waals surface area contributed by atoms with E-state index in [-0.39, 0.29) is 0 Å². The average molecular weight is 415 g/mol. The topological polar surface area (TPSA) is 61.3 Å². The maximum atomic E-state index is 5.92. The van der Waals surface area contributed by atoms with Crippen LogP contribution in [0.4, 0.5) is 11.4 Å². The molecule has 0 amide bonds. The molecular weight excluding hydrogens is 380 g/mol.